The predicted molar refractivity (Wildman–Crippen MR) is 127 cm³/mol. The fourth-order valence-corrected chi connectivity index (χ4v) is 4.27. The second kappa shape index (κ2) is 8.83. The van der Waals surface area contributed by atoms with Gasteiger partial charge in [-0.3, -0.25) is 4.79 Å². The third-order valence-electron chi connectivity index (χ3n) is 5.54. The number of aromatic nitrogens is 1. The third kappa shape index (κ3) is 4.14. The average Bonchev–Trinajstić information content (AvgIpc) is 3.07. The van der Waals surface area contributed by atoms with Crippen molar-refractivity contribution in [2.45, 2.75) is 20.3 Å². The van der Waals surface area contributed by atoms with Gasteiger partial charge in [-0.1, -0.05) is 54.1 Å². The molecule has 0 fully saturated rings. The molecule has 31 heavy (non-hydrogen) atoms. The van der Waals surface area contributed by atoms with E-state index in [1.165, 1.54) is 5.56 Å². The van der Waals surface area contributed by atoms with Gasteiger partial charge in [0, 0.05) is 39.6 Å². The average molecular weight is 430 g/mol. The van der Waals surface area contributed by atoms with E-state index in [1.54, 1.807) is 14.0 Å². The van der Waals surface area contributed by atoms with Gasteiger partial charge >= 0.3 is 0 Å². The summed E-state index contributed by atoms with van der Waals surface area (Å²) in [6, 6.07) is 25.9. The third-order valence-corrected chi connectivity index (χ3v) is 5.79. The van der Waals surface area contributed by atoms with Crippen LogP contribution in [0.2, 0.25) is 5.02 Å². The van der Waals surface area contributed by atoms with Crippen LogP contribution in [-0.4, -0.2) is 17.5 Å². The van der Waals surface area contributed by atoms with Crippen LogP contribution in [-0.2, 0) is 6.42 Å². The van der Waals surface area contributed by atoms with Crippen LogP contribution < -0.4 is 4.74 Å². The van der Waals surface area contributed by atoms with Crippen molar-refractivity contribution in [1.82, 2.24) is 4.57 Å². The molecule has 3 aromatic carbocycles. The maximum atomic E-state index is 12.8. The van der Waals surface area contributed by atoms with Gasteiger partial charge in [0.1, 0.15) is 5.75 Å². The zero-order valence-corrected chi connectivity index (χ0v) is 18.6. The van der Waals surface area contributed by atoms with E-state index in [2.05, 4.69) is 16.7 Å². The molecule has 4 aromatic rings. The second-order valence-corrected chi connectivity index (χ2v) is 7.98. The lowest BCUT2D eigenvalue weighted by molar-refractivity contribution is 0.101. The van der Waals surface area contributed by atoms with E-state index >= 15 is 0 Å². The fraction of sp³-hybridized carbons (Fsp3) is 0.148. The van der Waals surface area contributed by atoms with Crippen molar-refractivity contribution >= 4 is 17.4 Å². The van der Waals surface area contributed by atoms with Crippen molar-refractivity contribution in [2.24, 2.45) is 0 Å². The van der Waals surface area contributed by atoms with Gasteiger partial charge in [-0.15, -0.1) is 0 Å². The Hall–Kier alpha value is -3.30. The summed E-state index contributed by atoms with van der Waals surface area (Å²) < 4.78 is 7.51. The number of carbonyl (C=O) groups excluding carboxylic acids is 1. The monoisotopic (exact) mass is 429 g/mol. The van der Waals surface area contributed by atoms with Gasteiger partial charge in [-0.05, 0) is 61.4 Å². The number of carbonyl (C=O) groups is 1. The zero-order chi connectivity index (χ0) is 22.0. The minimum Gasteiger partial charge on any atom is -0.497 e. The smallest absolute Gasteiger partial charge is 0.162 e. The highest BCUT2D eigenvalue weighted by atomic mass is 35.5. The normalized spacial score (nSPS) is 10.8. The highest BCUT2D eigenvalue weighted by Crippen LogP contribution is 2.37. The van der Waals surface area contributed by atoms with E-state index in [9.17, 15) is 4.79 Å². The van der Waals surface area contributed by atoms with Gasteiger partial charge in [0.2, 0.25) is 0 Å². The number of hydrogen-bond acceptors (Lipinski definition) is 2. The molecule has 1 aromatic heterocycles. The first kappa shape index (κ1) is 21.0. The summed E-state index contributed by atoms with van der Waals surface area (Å²) in [7, 11) is 1.65. The molecule has 1 heterocycles. The molecular weight excluding hydrogens is 406 g/mol. The highest BCUT2D eigenvalue weighted by molar-refractivity contribution is 6.30. The summed E-state index contributed by atoms with van der Waals surface area (Å²) in [6.45, 7) is 3.64. The van der Waals surface area contributed by atoms with Gasteiger partial charge in [0.05, 0.1) is 7.11 Å². The number of methoxy groups -OCH3 is 1. The first-order valence-electron chi connectivity index (χ1n) is 10.2. The molecule has 0 aliphatic carbocycles. The van der Waals surface area contributed by atoms with E-state index in [4.69, 9.17) is 16.3 Å². The predicted octanol–water partition coefficient (Wildman–Crippen LogP) is 6.91. The van der Waals surface area contributed by atoms with Crippen LogP contribution in [0.15, 0.2) is 78.9 Å². The van der Waals surface area contributed by atoms with Crippen molar-refractivity contribution in [1.29, 1.82) is 0 Å². The standard InChI is InChI=1S/C27H24ClNO2/c1-18-26(19(2)30)27(21-9-15-24(31-3)16-10-21)25(17-20-7-5-4-6-8-20)29(18)23-13-11-22(28)12-14-23/h4-16H,17H2,1-3H3. The van der Waals surface area contributed by atoms with Crippen molar-refractivity contribution in [3.8, 4) is 22.6 Å². The first-order valence-corrected chi connectivity index (χ1v) is 10.6. The number of Topliss-reactive ketones (excluding diaryl/α,β-unsaturated/α-hetero) is 1. The molecule has 0 bridgehead atoms. The molecule has 4 heteroatoms. The van der Waals surface area contributed by atoms with Crippen LogP contribution >= 0.6 is 11.6 Å². The first-order chi connectivity index (χ1) is 15.0. The molecule has 3 nitrogen and oxygen atoms in total. The number of benzene rings is 3. The van der Waals surface area contributed by atoms with Gasteiger partial charge in [-0.25, -0.2) is 0 Å². The molecule has 0 unspecified atom stereocenters. The Labute approximate surface area is 187 Å². The van der Waals surface area contributed by atoms with Crippen molar-refractivity contribution in [3.63, 3.8) is 0 Å². The van der Waals surface area contributed by atoms with Gasteiger partial charge in [0.25, 0.3) is 0 Å². The molecule has 0 radical (unpaired) electrons. The number of hydrogen-bond donors (Lipinski definition) is 0. The molecular formula is C27H24ClNO2. The topological polar surface area (TPSA) is 31.2 Å². The Morgan fingerprint density at radius 1 is 0.935 bits per heavy atom. The molecule has 0 spiro atoms. The number of ether oxygens (including phenoxy) is 1. The molecule has 0 aliphatic rings. The van der Waals surface area contributed by atoms with E-state index in [1.807, 2.05) is 73.7 Å². The minimum atomic E-state index is 0.0466. The Balaban J connectivity index is 2.01. The van der Waals surface area contributed by atoms with E-state index in [0.29, 0.717) is 11.4 Å². The Morgan fingerprint density at radius 2 is 1.58 bits per heavy atom. The van der Waals surface area contributed by atoms with Gasteiger partial charge in [0.15, 0.2) is 5.78 Å². The Bertz CT molecular complexity index is 1210. The van der Waals surface area contributed by atoms with Crippen LogP contribution in [0.4, 0.5) is 0 Å². The summed E-state index contributed by atoms with van der Waals surface area (Å²) in [5.74, 6) is 0.830. The lowest BCUT2D eigenvalue weighted by Crippen LogP contribution is -2.04. The maximum Gasteiger partial charge on any atom is 0.162 e. The van der Waals surface area contributed by atoms with Gasteiger partial charge < -0.3 is 9.30 Å². The van der Waals surface area contributed by atoms with E-state index in [0.717, 1.165) is 39.5 Å². The Kier molecular flexibility index (Phi) is 5.97. The molecule has 156 valence electrons. The van der Waals surface area contributed by atoms with Crippen LogP contribution in [0, 0.1) is 6.92 Å². The highest BCUT2D eigenvalue weighted by Gasteiger charge is 2.25. The van der Waals surface area contributed by atoms with Crippen LogP contribution in [0.5, 0.6) is 5.75 Å². The lowest BCUT2D eigenvalue weighted by atomic mass is 9.95. The summed E-state index contributed by atoms with van der Waals surface area (Å²) in [4.78, 5) is 12.8. The lowest BCUT2D eigenvalue weighted by Gasteiger charge is -2.14. The summed E-state index contributed by atoms with van der Waals surface area (Å²) in [6.07, 6.45) is 0.693. The SMILES string of the molecule is COc1ccc(-c2c(C(C)=O)c(C)n(-c3ccc(Cl)cc3)c2Cc2ccccc2)cc1. The number of halogens is 1. The largest absolute Gasteiger partial charge is 0.497 e. The van der Waals surface area contributed by atoms with E-state index < -0.39 is 0 Å². The fourth-order valence-electron chi connectivity index (χ4n) is 4.15. The molecule has 0 amide bonds. The zero-order valence-electron chi connectivity index (χ0n) is 17.9. The van der Waals surface area contributed by atoms with Crippen molar-refractivity contribution < 1.29 is 9.53 Å². The van der Waals surface area contributed by atoms with Crippen LogP contribution in [0.3, 0.4) is 0 Å². The van der Waals surface area contributed by atoms with Crippen molar-refractivity contribution in [3.05, 3.63) is 106 Å². The molecule has 0 atom stereocenters. The van der Waals surface area contributed by atoms with Crippen LogP contribution in [0.1, 0.15) is 34.2 Å². The number of rotatable bonds is 6. The molecule has 0 saturated heterocycles. The number of nitrogens with zero attached hydrogens (tertiary/aromatic N) is 1. The van der Waals surface area contributed by atoms with Gasteiger partial charge in [-0.2, -0.15) is 0 Å². The van der Waals surface area contributed by atoms with Crippen LogP contribution in [0.25, 0.3) is 16.8 Å². The summed E-state index contributed by atoms with van der Waals surface area (Å²) in [5.41, 5.74) is 6.85. The molecule has 0 N–H and O–H groups in total. The van der Waals surface area contributed by atoms with Crippen molar-refractivity contribution in [2.75, 3.05) is 7.11 Å². The summed E-state index contributed by atoms with van der Waals surface area (Å²) >= 11 is 6.14. The second-order valence-electron chi connectivity index (χ2n) is 7.54. The minimum absolute atomic E-state index is 0.0466. The summed E-state index contributed by atoms with van der Waals surface area (Å²) in [5, 5.41) is 0.681. The maximum absolute atomic E-state index is 12.8. The molecule has 4 rings (SSSR count). The Morgan fingerprint density at radius 3 is 2.16 bits per heavy atom. The number of ketones is 1. The molecule has 0 aliphatic heterocycles. The van der Waals surface area contributed by atoms with E-state index in [-0.39, 0.29) is 5.78 Å². The quantitative estimate of drug-likeness (QED) is 0.312. The molecule has 0 saturated carbocycles.